The molecule has 0 aromatic heterocycles. The van der Waals surface area contributed by atoms with Crippen LogP contribution in [0.2, 0.25) is 5.02 Å². The van der Waals surface area contributed by atoms with Gasteiger partial charge >= 0.3 is 5.97 Å². The predicted octanol–water partition coefficient (Wildman–Crippen LogP) is 2.60. The van der Waals surface area contributed by atoms with Gasteiger partial charge in [-0.2, -0.15) is 5.26 Å². The fourth-order valence-corrected chi connectivity index (χ4v) is 1.91. The van der Waals surface area contributed by atoms with Crippen LogP contribution >= 0.6 is 27.5 Å². The van der Waals surface area contributed by atoms with Crippen LogP contribution in [0.3, 0.4) is 0 Å². The van der Waals surface area contributed by atoms with Crippen molar-refractivity contribution in [3.63, 3.8) is 0 Å². The zero-order valence-corrected chi connectivity index (χ0v) is 9.26. The molecule has 0 saturated carbocycles. The largest absolute Gasteiger partial charge is 0.481 e. The molecular formula is C9H5BrClNO2. The lowest BCUT2D eigenvalue weighted by Crippen LogP contribution is -2.03. The van der Waals surface area contributed by atoms with Crippen molar-refractivity contribution in [2.24, 2.45) is 0 Å². The van der Waals surface area contributed by atoms with E-state index in [9.17, 15) is 4.79 Å². The number of aliphatic carboxylic acids is 1. The Kier molecular flexibility index (Phi) is 3.50. The summed E-state index contributed by atoms with van der Waals surface area (Å²) in [5.74, 6) is -1.01. The van der Waals surface area contributed by atoms with Crippen LogP contribution in [0.1, 0.15) is 11.1 Å². The summed E-state index contributed by atoms with van der Waals surface area (Å²) in [5, 5.41) is 17.6. The second kappa shape index (κ2) is 4.45. The molecular weight excluding hydrogens is 269 g/mol. The number of hydrogen-bond acceptors (Lipinski definition) is 2. The predicted molar refractivity (Wildman–Crippen MR) is 55.2 cm³/mol. The molecule has 5 heteroatoms. The lowest BCUT2D eigenvalue weighted by molar-refractivity contribution is -0.136. The molecule has 0 bridgehead atoms. The SMILES string of the molecule is N#Cc1cc(Br)cc(Cl)c1CC(=O)O. The Balaban J connectivity index is 3.27. The highest BCUT2D eigenvalue weighted by Crippen LogP contribution is 2.25. The Bertz CT molecular complexity index is 426. The quantitative estimate of drug-likeness (QED) is 0.901. The molecule has 1 aromatic rings. The van der Waals surface area contributed by atoms with Gasteiger partial charge in [-0.3, -0.25) is 4.79 Å². The van der Waals surface area contributed by atoms with Gasteiger partial charge in [0.2, 0.25) is 0 Å². The third-order valence-corrected chi connectivity index (χ3v) is 2.40. The number of rotatable bonds is 2. The lowest BCUT2D eigenvalue weighted by Gasteiger charge is -2.04. The topological polar surface area (TPSA) is 61.1 Å². The third kappa shape index (κ3) is 2.47. The smallest absolute Gasteiger partial charge is 0.307 e. The number of carbonyl (C=O) groups is 1. The second-order valence-electron chi connectivity index (χ2n) is 2.60. The Morgan fingerprint density at radius 3 is 2.79 bits per heavy atom. The molecule has 0 radical (unpaired) electrons. The highest BCUT2D eigenvalue weighted by atomic mass is 79.9. The molecule has 0 aliphatic carbocycles. The van der Waals surface area contributed by atoms with E-state index in [2.05, 4.69) is 15.9 Å². The van der Waals surface area contributed by atoms with Crippen LogP contribution in [0.4, 0.5) is 0 Å². The van der Waals surface area contributed by atoms with Crippen molar-refractivity contribution < 1.29 is 9.90 Å². The van der Waals surface area contributed by atoms with Crippen molar-refractivity contribution in [3.8, 4) is 6.07 Å². The van der Waals surface area contributed by atoms with Gasteiger partial charge in [0.15, 0.2) is 0 Å². The van der Waals surface area contributed by atoms with E-state index in [-0.39, 0.29) is 12.0 Å². The van der Waals surface area contributed by atoms with E-state index in [0.29, 0.717) is 15.1 Å². The van der Waals surface area contributed by atoms with Gasteiger partial charge in [-0.05, 0) is 17.7 Å². The monoisotopic (exact) mass is 273 g/mol. The molecule has 0 amide bonds. The minimum Gasteiger partial charge on any atom is -0.481 e. The van der Waals surface area contributed by atoms with Crippen LogP contribution in [0.15, 0.2) is 16.6 Å². The summed E-state index contributed by atoms with van der Waals surface area (Å²) in [5.41, 5.74) is 0.636. The fraction of sp³-hybridized carbons (Fsp3) is 0.111. The van der Waals surface area contributed by atoms with Crippen molar-refractivity contribution in [1.29, 1.82) is 5.26 Å². The lowest BCUT2D eigenvalue weighted by atomic mass is 10.1. The molecule has 0 saturated heterocycles. The highest BCUT2D eigenvalue weighted by molar-refractivity contribution is 9.10. The number of halogens is 2. The molecule has 0 fully saturated rings. The van der Waals surface area contributed by atoms with E-state index in [4.69, 9.17) is 22.0 Å². The molecule has 72 valence electrons. The molecule has 1 N–H and O–H groups in total. The van der Waals surface area contributed by atoms with Gasteiger partial charge in [-0.1, -0.05) is 27.5 Å². The summed E-state index contributed by atoms with van der Waals surface area (Å²) in [4.78, 5) is 10.5. The second-order valence-corrected chi connectivity index (χ2v) is 3.92. The molecule has 0 aliphatic rings. The Morgan fingerprint density at radius 2 is 2.29 bits per heavy atom. The van der Waals surface area contributed by atoms with Crippen molar-refractivity contribution in [2.75, 3.05) is 0 Å². The Morgan fingerprint density at radius 1 is 1.64 bits per heavy atom. The minimum atomic E-state index is -1.01. The van der Waals surface area contributed by atoms with Crippen molar-refractivity contribution in [2.45, 2.75) is 6.42 Å². The Hall–Kier alpha value is -1.05. The van der Waals surface area contributed by atoms with E-state index in [1.807, 2.05) is 6.07 Å². The number of carboxylic acids is 1. The first-order chi connectivity index (χ1) is 6.54. The summed E-state index contributed by atoms with van der Waals surface area (Å²) in [6.07, 6.45) is -0.241. The van der Waals surface area contributed by atoms with E-state index >= 15 is 0 Å². The van der Waals surface area contributed by atoms with E-state index in [1.54, 1.807) is 12.1 Å². The summed E-state index contributed by atoms with van der Waals surface area (Å²) >= 11 is 8.98. The van der Waals surface area contributed by atoms with Crippen LogP contribution < -0.4 is 0 Å². The van der Waals surface area contributed by atoms with Crippen LogP contribution in [0.25, 0.3) is 0 Å². The molecule has 0 aliphatic heterocycles. The maximum atomic E-state index is 10.5. The van der Waals surface area contributed by atoms with Crippen molar-refractivity contribution in [1.82, 2.24) is 0 Å². The first kappa shape index (κ1) is 11.0. The molecule has 0 spiro atoms. The molecule has 0 unspecified atom stereocenters. The number of hydrogen-bond donors (Lipinski definition) is 1. The molecule has 1 rings (SSSR count). The summed E-state index contributed by atoms with van der Waals surface area (Å²) in [6, 6.07) is 5.02. The van der Waals surface area contributed by atoms with Gasteiger partial charge in [0.05, 0.1) is 18.1 Å². The highest BCUT2D eigenvalue weighted by Gasteiger charge is 2.11. The van der Waals surface area contributed by atoms with Gasteiger partial charge in [0.25, 0.3) is 0 Å². The average molecular weight is 275 g/mol. The summed E-state index contributed by atoms with van der Waals surface area (Å²) in [6.45, 7) is 0. The zero-order chi connectivity index (χ0) is 10.7. The van der Waals surface area contributed by atoms with Crippen LogP contribution in [0, 0.1) is 11.3 Å². The maximum Gasteiger partial charge on any atom is 0.307 e. The fourth-order valence-electron chi connectivity index (χ4n) is 1.03. The number of nitrogens with zero attached hydrogens (tertiary/aromatic N) is 1. The van der Waals surface area contributed by atoms with Gasteiger partial charge < -0.3 is 5.11 Å². The molecule has 1 aromatic carbocycles. The van der Waals surface area contributed by atoms with Gasteiger partial charge in [0, 0.05) is 9.50 Å². The molecule has 14 heavy (non-hydrogen) atoms. The van der Waals surface area contributed by atoms with Gasteiger partial charge in [-0.25, -0.2) is 0 Å². The standard InChI is InChI=1S/C9H5BrClNO2/c10-6-1-5(4-12)7(3-9(13)14)8(11)2-6/h1-2H,3H2,(H,13,14). The first-order valence-electron chi connectivity index (χ1n) is 3.64. The molecule has 0 atom stereocenters. The van der Waals surface area contributed by atoms with E-state index < -0.39 is 5.97 Å². The number of carboxylic acid groups (broad SMARTS) is 1. The summed E-state index contributed by atoms with van der Waals surface area (Å²) < 4.78 is 0.660. The van der Waals surface area contributed by atoms with Crippen molar-refractivity contribution >= 4 is 33.5 Å². The van der Waals surface area contributed by atoms with Crippen LogP contribution in [-0.2, 0) is 11.2 Å². The average Bonchev–Trinajstić information content (AvgIpc) is 2.08. The van der Waals surface area contributed by atoms with Gasteiger partial charge in [-0.15, -0.1) is 0 Å². The number of benzene rings is 1. The van der Waals surface area contributed by atoms with E-state index in [0.717, 1.165) is 0 Å². The zero-order valence-electron chi connectivity index (χ0n) is 6.92. The third-order valence-electron chi connectivity index (χ3n) is 1.61. The van der Waals surface area contributed by atoms with Crippen molar-refractivity contribution in [3.05, 3.63) is 32.8 Å². The first-order valence-corrected chi connectivity index (χ1v) is 4.81. The minimum absolute atomic E-state index is 0.241. The van der Waals surface area contributed by atoms with Gasteiger partial charge in [0.1, 0.15) is 0 Å². The molecule has 0 heterocycles. The summed E-state index contributed by atoms with van der Waals surface area (Å²) in [7, 11) is 0. The maximum absolute atomic E-state index is 10.5. The Labute approximate surface area is 94.0 Å². The normalized spacial score (nSPS) is 9.50. The van der Waals surface area contributed by atoms with Crippen LogP contribution in [0.5, 0.6) is 0 Å². The van der Waals surface area contributed by atoms with E-state index in [1.165, 1.54) is 0 Å². The molecule has 3 nitrogen and oxygen atoms in total. The number of nitriles is 1. The van der Waals surface area contributed by atoms with Crippen LogP contribution in [-0.4, -0.2) is 11.1 Å².